The van der Waals surface area contributed by atoms with Crippen molar-refractivity contribution in [3.63, 3.8) is 0 Å². The molecule has 0 aromatic heterocycles. The second-order valence-electron chi connectivity index (χ2n) is 2.63. The van der Waals surface area contributed by atoms with Crippen LogP contribution in [0.25, 0.3) is 0 Å². The number of nitro benzene ring substituents is 2. The van der Waals surface area contributed by atoms with Gasteiger partial charge in [0.2, 0.25) is 0 Å². The summed E-state index contributed by atoms with van der Waals surface area (Å²) >= 11 is 2.67. The van der Waals surface area contributed by atoms with E-state index in [0.717, 1.165) is 0 Å². The zero-order chi connectivity index (χ0) is 12.5. The number of benzene rings is 1. The molecule has 0 aliphatic carbocycles. The Balaban J connectivity index is 3.57. The minimum absolute atomic E-state index is 0.382. The first-order chi connectivity index (χ1) is 7.34. The molecule has 1 aromatic rings. The molecule has 84 valence electrons. The topological polar surface area (TPSA) is 126 Å². The maximum Gasteiger partial charge on any atom is 0.291 e. The molecule has 0 saturated carbocycles. The van der Waals surface area contributed by atoms with E-state index in [2.05, 4.69) is 15.9 Å². The number of nitrogens with zero attached hydrogens (tertiary/aromatic N) is 2. The second-order valence-corrected chi connectivity index (χ2v) is 3.42. The highest BCUT2D eigenvalue weighted by Gasteiger charge is 2.24. The summed E-state index contributed by atoms with van der Waals surface area (Å²) in [4.78, 5) is 29.7. The Morgan fingerprint density at radius 2 is 1.50 bits per heavy atom. The molecule has 0 radical (unpaired) electrons. The Labute approximate surface area is 95.9 Å². The van der Waals surface area contributed by atoms with Crippen molar-refractivity contribution in [1.29, 1.82) is 0 Å². The lowest BCUT2D eigenvalue weighted by Gasteiger charge is -2.03. The van der Waals surface area contributed by atoms with Crippen LogP contribution in [0.4, 0.5) is 11.4 Å². The van der Waals surface area contributed by atoms with Gasteiger partial charge < -0.3 is 9.90 Å². The van der Waals surface area contributed by atoms with Gasteiger partial charge in [-0.05, 0) is 15.9 Å². The van der Waals surface area contributed by atoms with Crippen molar-refractivity contribution in [3.05, 3.63) is 42.4 Å². The molecule has 0 unspecified atom stereocenters. The number of rotatable bonds is 3. The van der Waals surface area contributed by atoms with Gasteiger partial charge in [-0.3, -0.25) is 20.2 Å². The van der Waals surface area contributed by atoms with Crippen molar-refractivity contribution in [2.75, 3.05) is 0 Å². The number of nitro groups is 2. The van der Waals surface area contributed by atoms with E-state index in [0.29, 0.717) is 12.1 Å². The van der Waals surface area contributed by atoms with E-state index < -0.39 is 32.8 Å². The molecule has 16 heavy (non-hydrogen) atoms. The largest absolute Gasteiger partial charge is 0.545 e. The maximum atomic E-state index is 10.5. The third-order valence-electron chi connectivity index (χ3n) is 1.66. The molecule has 0 saturated heterocycles. The van der Waals surface area contributed by atoms with Crippen LogP contribution in [0.15, 0.2) is 16.6 Å². The summed E-state index contributed by atoms with van der Waals surface area (Å²) in [5.41, 5.74) is -2.02. The molecule has 0 bridgehead atoms. The Morgan fingerprint density at radius 1 is 1.12 bits per heavy atom. The zero-order valence-electron chi connectivity index (χ0n) is 7.38. The lowest BCUT2D eigenvalue weighted by atomic mass is 10.2. The molecule has 8 nitrogen and oxygen atoms in total. The van der Waals surface area contributed by atoms with E-state index in [1.54, 1.807) is 0 Å². The number of aromatic carboxylic acids is 1. The lowest BCUT2D eigenvalue weighted by Crippen LogP contribution is -2.22. The molecule has 9 heteroatoms. The van der Waals surface area contributed by atoms with Gasteiger partial charge in [-0.1, -0.05) is 0 Å². The van der Waals surface area contributed by atoms with Crippen LogP contribution in [0.3, 0.4) is 0 Å². The lowest BCUT2D eigenvalue weighted by molar-refractivity contribution is -0.395. The average Bonchev–Trinajstić information content (AvgIpc) is 2.16. The highest BCUT2D eigenvalue weighted by Crippen LogP contribution is 2.34. The quantitative estimate of drug-likeness (QED) is 0.593. The molecule has 0 spiro atoms. The van der Waals surface area contributed by atoms with E-state index in [9.17, 15) is 30.1 Å². The number of carboxylic acids is 1. The molecule has 0 atom stereocenters. The van der Waals surface area contributed by atoms with Crippen molar-refractivity contribution < 1.29 is 19.7 Å². The van der Waals surface area contributed by atoms with Gasteiger partial charge in [-0.2, -0.15) is 0 Å². The maximum absolute atomic E-state index is 10.5. The van der Waals surface area contributed by atoms with Crippen LogP contribution < -0.4 is 5.11 Å². The third-order valence-corrected chi connectivity index (χ3v) is 2.48. The van der Waals surface area contributed by atoms with Crippen molar-refractivity contribution in [1.82, 2.24) is 0 Å². The van der Waals surface area contributed by atoms with Gasteiger partial charge in [0.05, 0.1) is 15.8 Å². The van der Waals surface area contributed by atoms with E-state index in [1.165, 1.54) is 0 Å². The number of carbonyl (C=O) groups is 1. The minimum Gasteiger partial charge on any atom is -0.545 e. The van der Waals surface area contributed by atoms with Crippen LogP contribution >= 0.6 is 15.9 Å². The van der Waals surface area contributed by atoms with Gasteiger partial charge in [-0.25, -0.2) is 0 Å². The molecule has 1 aromatic carbocycles. The summed E-state index contributed by atoms with van der Waals surface area (Å²) in [6, 6.07) is 1.37. The Hall–Kier alpha value is -2.03. The van der Waals surface area contributed by atoms with Gasteiger partial charge >= 0.3 is 0 Å². The summed E-state index contributed by atoms with van der Waals surface area (Å²) < 4.78 is -0.382. The number of hydrogen-bond donors (Lipinski definition) is 0. The van der Waals surface area contributed by atoms with Crippen LogP contribution in [0.5, 0.6) is 0 Å². The predicted octanol–water partition coefficient (Wildman–Crippen LogP) is 0.629. The van der Waals surface area contributed by atoms with Crippen molar-refractivity contribution in [2.24, 2.45) is 0 Å². The fraction of sp³-hybridized carbons (Fsp3) is 0. The molecule has 0 heterocycles. The van der Waals surface area contributed by atoms with Crippen molar-refractivity contribution in [2.45, 2.75) is 0 Å². The smallest absolute Gasteiger partial charge is 0.291 e. The zero-order valence-corrected chi connectivity index (χ0v) is 8.96. The molecule has 1 rings (SSSR count). The number of carboxylic acid groups (broad SMARTS) is 1. The van der Waals surface area contributed by atoms with Crippen LogP contribution in [0.1, 0.15) is 10.4 Å². The molecular formula is C7H2BrN2O6-. The SMILES string of the molecule is O=C([O-])c1cc([N+](=O)[O-])c(Br)c([N+](=O)[O-])c1. The first-order valence-electron chi connectivity index (χ1n) is 3.68. The van der Waals surface area contributed by atoms with Crippen LogP contribution in [0, 0.1) is 20.2 Å². The number of carbonyl (C=O) groups excluding carboxylic acids is 1. The number of hydrogen-bond acceptors (Lipinski definition) is 6. The fourth-order valence-electron chi connectivity index (χ4n) is 0.978. The first-order valence-corrected chi connectivity index (χ1v) is 4.47. The van der Waals surface area contributed by atoms with E-state index >= 15 is 0 Å². The van der Waals surface area contributed by atoms with Gasteiger partial charge in [0, 0.05) is 17.7 Å². The number of halogens is 1. The third kappa shape index (κ3) is 2.14. The monoisotopic (exact) mass is 289 g/mol. The predicted molar refractivity (Wildman–Crippen MR) is 51.8 cm³/mol. The van der Waals surface area contributed by atoms with E-state index in [1.807, 2.05) is 0 Å². The van der Waals surface area contributed by atoms with Crippen LogP contribution in [-0.2, 0) is 0 Å². The summed E-state index contributed by atoms with van der Waals surface area (Å²) in [6.45, 7) is 0. The Kier molecular flexibility index (Phi) is 3.18. The Bertz CT molecular complexity index is 465. The van der Waals surface area contributed by atoms with Crippen molar-refractivity contribution in [3.8, 4) is 0 Å². The van der Waals surface area contributed by atoms with Crippen molar-refractivity contribution >= 4 is 33.3 Å². The van der Waals surface area contributed by atoms with Crippen LogP contribution in [0.2, 0.25) is 0 Å². The van der Waals surface area contributed by atoms with Gasteiger partial charge in [0.1, 0.15) is 0 Å². The Morgan fingerprint density at radius 3 is 1.75 bits per heavy atom. The summed E-state index contributed by atoms with van der Waals surface area (Å²) in [5.74, 6) is -1.72. The highest BCUT2D eigenvalue weighted by molar-refractivity contribution is 9.10. The van der Waals surface area contributed by atoms with E-state index in [4.69, 9.17) is 0 Å². The van der Waals surface area contributed by atoms with Gasteiger partial charge in [-0.15, -0.1) is 0 Å². The molecular weight excluding hydrogens is 288 g/mol. The highest BCUT2D eigenvalue weighted by atomic mass is 79.9. The molecule has 0 aliphatic heterocycles. The summed E-state index contributed by atoms with van der Waals surface area (Å²) in [6.07, 6.45) is 0. The fourth-order valence-corrected chi connectivity index (χ4v) is 1.50. The summed E-state index contributed by atoms with van der Waals surface area (Å²) in [7, 11) is 0. The standard InChI is InChI=1S/C7H3BrN2O6/c8-6-4(9(13)14)1-3(7(11)12)2-5(6)10(15)16/h1-2H,(H,11,12)/p-1. The molecule has 0 amide bonds. The minimum atomic E-state index is -1.72. The average molecular weight is 290 g/mol. The molecule has 0 N–H and O–H groups in total. The van der Waals surface area contributed by atoms with Gasteiger partial charge in [0.25, 0.3) is 11.4 Å². The first kappa shape index (κ1) is 12.0. The molecule has 0 aliphatic rings. The molecule has 0 fully saturated rings. The summed E-state index contributed by atoms with van der Waals surface area (Å²) in [5, 5.41) is 31.5. The normalized spacial score (nSPS) is 9.81. The second kappa shape index (κ2) is 4.23. The van der Waals surface area contributed by atoms with E-state index in [-0.39, 0.29) is 4.47 Å². The van der Waals surface area contributed by atoms with Crippen LogP contribution in [-0.4, -0.2) is 15.8 Å². The van der Waals surface area contributed by atoms with Gasteiger partial charge in [0.15, 0.2) is 4.47 Å².